The molecule has 0 bridgehead atoms. The summed E-state index contributed by atoms with van der Waals surface area (Å²) in [6.45, 7) is 5.14. The molecular formula is C12H19N5O3. The molecule has 2 amide bonds. The van der Waals surface area contributed by atoms with Crippen LogP contribution < -0.4 is 5.32 Å². The third-order valence-electron chi connectivity index (χ3n) is 3.85. The lowest BCUT2D eigenvalue weighted by atomic mass is 9.88. The first-order valence-corrected chi connectivity index (χ1v) is 6.59. The summed E-state index contributed by atoms with van der Waals surface area (Å²) in [5, 5.41) is 19.6. The molecule has 0 aromatic carbocycles. The summed E-state index contributed by atoms with van der Waals surface area (Å²) in [5.41, 5.74) is -0.939. The highest BCUT2D eigenvalue weighted by Crippen LogP contribution is 2.20. The van der Waals surface area contributed by atoms with E-state index < -0.39 is 11.4 Å². The van der Waals surface area contributed by atoms with Gasteiger partial charge in [-0.2, -0.15) is 0 Å². The smallest absolute Gasteiger partial charge is 0.317 e. The number of nitrogens with one attached hydrogen (secondary N) is 1. The highest BCUT2D eigenvalue weighted by atomic mass is 16.4. The number of aromatic nitrogens is 3. The molecule has 2 rings (SSSR count). The summed E-state index contributed by atoms with van der Waals surface area (Å²) in [7, 11) is 0. The van der Waals surface area contributed by atoms with Crippen LogP contribution in [0.4, 0.5) is 4.79 Å². The summed E-state index contributed by atoms with van der Waals surface area (Å²) < 4.78 is 1.90. The van der Waals surface area contributed by atoms with Crippen molar-refractivity contribution >= 4 is 12.0 Å². The van der Waals surface area contributed by atoms with Crippen LogP contribution in [0.25, 0.3) is 0 Å². The van der Waals surface area contributed by atoms with Crippen LogP contribution >= 0.6 is 0 Å². The minimum absolute atomic E-state index is 0.112. The quantitative estimate of drug-likeness (QED) is 0.827. The first kappa shape index (κ1) is 14.3. The Morgan fingerprint density at radius 3 is 2.90 bits per heavy atom. The fraction of sp³-hybridized carbons (Fsp3) is 0.667. The Morgan fingerprint density at radius 1 is 1.50 bits per heavy atom. The molecule has 1 aliphatic heterocycles. The van der Waals surface area contributed by atoms with Gasteiger partial charge in [0.15, 0.2) is 5.82 Å². The average molecular weight is 281 g/mol. The van der Waals surface area contributed by atoms with Crippen LogP contribution in [0.3, 0.4) is 0 Å². The Labute approximate surface area is 116 Å². The fourth-order valence-electron chi connectivity index (χ4n) is 1.97. The van der Waals surface area contributed by atoms with Crippen LogP contribution in [0.1, 0.15) is 26.1 Å². The van der Waals surface area contributed by atoms with Crippen molar-refractivity contribution < 1.29 is 14.7 Å². The first-order chi connectivity index (χ1) is 9.46. The summed E-state index contributed by atoms with van der Waals surface area (Å²) in [4.78, 5) is 24.9. The van der Waals surface area contributed by atoms with Gasteiger partial charge < -0.3 is 19.9 Å². The first-order valence-electron chi connectivity index (χ1n) is 6.59. The topological polar surface area (TPSA) is 100 Å². The summed E-state index contributed by atoms with van der Waals surface area (Å²) in [6.07, 6.45) is 2.10. The monoisotopic (exact) mass is 281 g/mol. The number of fused-ring (bicyclic) bond motifs is 1. The van der Waals surface area contributed by atoms with E-state index in [2.05, 4.69) is 15.5 Å². The van der Waals surface area contributed by atoms with Gasteiger partial charge in [0.25, 0.3) is 0 Å². The third-order valence-corrected chi connectivity index (χ3v) is 3.85. The van der Waals surface area contributed by atoms with Gasteiger partial charge >= 0.3 is 12.0 Å². The molecule has 1 aromatic heterocycles. The zero-order valence-electron chi connectivity index (χ0n) is 11.7. The summed E-state index contributed by atoms with van der Waals surface area (Å²) in [5.74, 6) is -0.165. The van der Waals surface area contributed by atoms with Gasteiger partial charge in [0, 0.05) is 19.6 Å². The van der Waals surface area contributed by atoms with Crippen LogP contribution in [0.15, 0.2) is 6.33 Å². The van der Waals surface area contributed by atoms with Gasteiger partial charge in [-0.1, -0.05) is 6.92 Å². The zero-order chi connectivity index (χ0) is 14.8. The molecule has 0 saturated heterocycles. The van der Waals surface area contributed by atoms with E-state index >= 15 is 0 Å². The van der Waals surface area contributed by atoms with E-state index in [1.807, 2.05) is 4.57 Å². The predicted molar refractivity (Wildman–Crippen MR) is 69.9 cm³/mol. The van der Waals surface area contributed by atoms with Crippen molar-refractivity contribution in [3.63, 3.8) is 0 Å². The van der Waals surface area contributed by atoms with E-state index in [1.165, 1.54) is 0 Å². The molecule has 0 saturated carbocycles. The van der Waals surface area contributed by atoms with Crippen LogP contribution in [0.5, 0.6) is 0 Å². The number of nitrogens with zero attached hydrogens (tertiary/aromatic N) is 4. The normalized spacial score (nSPS) is 17.2. The Balaban J connectivity index is 1.92. The highest BCUT2D eigenvalue weighted by molar-refractivity contribution is 5.77. The number of rotatable bonds is 4. The maximum Gasteiger partial charge on any atom is 0.317 e. The summed E-state index contributed by atoms with van der Waals surface area (Å²) in [6, 6.07) is -0.264. The van der Waals surface area contributed by atoms with Crippen molar-refractivity contribution in [3.8, 4) is 0 Å². The molecule has 8 heteroatoms. The Morgan fingerprint density at radius 2 is 2.25 bits per heavy atom. The number of carboxylic acids is 1. The molecule has 8 nitrogen and oxygen atoms in total. The van der Waals surface area contributed by atoms with E-state index in [1.54, 1.807) is 25.1 Å². The van der Waals surface area contributed by atoms with Gasteiger partial charge in [0.2, 0.25) is 0 Å². The minimum atomic E-state index is -0.939. The molecule has 0 spiro atoms. The van der Waals surface area contributed by atoms with E-state index in [0.29, 0.717) is 26.1 Å². The standard InChI is InChI=1S/C12H19N5O3/c1-3-12(2,10(18)19)7-13-11(20)16-4-5-17-8-14-15-9(17)6-16/h8H,3-7H2,1-2H3,(H,13,20)(H,18,19). The van der Waals surface area contributed by atoms with Gasteiger partial charge in [0.05, 0.1) is 12.0 Å². The van der Waals surface area contributed by atoms with E-state index in [4.69, 9.17) is 0 Å². The SMILES string of the molecule is CCC(C)(CNC(=O)N1CCn2cnnc2C1)C(=O)O. The van der Waals surface area contributed by atoms with Crippen LogP contribution in [-0.2, 0) is 17.9 Å². The maximum absolute atomic E-state index is 12.1. The van der Waals surface area contributed by atoms with Gasteiger partial charge in [-0.25, -0.2) is 4.79 Å². The van der Waals surface area contributed by atoms with Gasteiger partial charge in [-0.15, -0.1) is 10.2 Å². The minimum Gasteiger partial charge on any atom is -0.481 e. The molecule has 1 aromatic rings. The van der Waals surface area contributed by atoms with Crippen molar-refractivity contribution in [2.24, 2.45) is 5.41 Å². The second kappa shape index (κ2) is 5.48. The molecule has 2 N–H and O–H groups in total. The lowest BCUT2D eigenvalue weighted by molar-refractivity contribution is -0.147. The predicted octanol–water partition coefficient (Wildman–Crippen LogP) is 0.304. The molecule has 2 heterocycles. The zero-order valence-corrected chi connectivity index (χ0v) is 11.7. The maximum atomic E-state index is 12.1. The Hall–Kier alpha value is -2.12. The van der Waals surface area contributed by atoms with Crippen molar-refractivity contribution in [3.05, 3.63) is 12.2 Å². The number of hydrogen-bond donors (Lipinski definition) is 2. The van der Waals surface area contributed by atoms with Gasteiger partial charge in [-0.3, -0.25) is 4.79 Å². The van der Waals surface area contributed by atoms with E-state index in [0.717, 1.165) is 5.82 Å². The summed E-state index contributed by atoms with van der Waals surface area (Å²) >= 11 is 0. The second-order valence-corrected chi connectivity index (χ2v) is 5.24. The van der Waals surface area contributed by atoms with Crippen molar-refractivity contribution in [1.82, 2.24) is 25.0 Å². The number of aliphatic carboxylic acids is 1. The second-order valence-electron chi connectivity index (χ2n) is 5.24. The van der Waals surface area contributed by atoms with Crippen molar-refractivity contribution in [2.45, 2.75) is 33.4 Å². The van der Waals surface area contributed by atoms with Crippen molar-refractivity contribution in [1.29, 1.82) is 0 Å². The molecule has 1 unspecified atom stereocenters. The van der Waals surface area contributed by atoms with Gasteiger partial charge in [0.1, 0.15) is 6.33 Å². The molecule has 0 fully saturated rings. The van der Waals surface area contributed by atoms with Crippen LogP contribution in [0.2, 0.25) is 0 Å². The number of urea groups is 1. The number of amides is 2. The molecule has 0 radical (unpaired) electrons. The largest absolute Gasteiger partial charge is 0.481 e. The Bertz CT molecular complexity index is 515. The molecule has 110 valence electrons. The number of carboxylic acid groups (broad SMARTS) is 1. The lowest BCUT2D eigenvalue weighted by Gasteiger charge is -2.29. The molecule has 1 aliphatic rings. The molecule has 1 atom stereocenters. The third kappa shape index (κ3) is 2.73. The average Bonchev–Trinajstić information content (AvgIpc) is 2.91. The number of carbonyl (C=O) groups is 2. The van der Waals surface area contributed by atoms with Crippen LogP contribution in [0, 0.1) is 5.41 Å². The number of carbonyl (C=O) groups excluding carboxylic acids is 1. The molecule has 0 aliphatic carbocycles. The van der Waals surface area contributed by atoms with Gasteiger partial charge in [-0.05, 0) is 13.3 Å². The van der Waals surface area contributed by atoms with Crippen LogP contribution in [-0.4, -0.2) is 49.9 Å². The number of hydrogen-bond acceptors (Lipinski definition) is 4. The van der Waals surface area contributed by atoms with E-state index in [9.17, 15) is 14.7 Å². The fourth-order valence-corrected chi connectivity index (χ4v) is 1.97. The highest BCUT2D eigenvalue weighted by Gasteiger charge is 2.32. The Kier molecular flexibility index (Phi) is 3.91. The molecule has 20 heavy (non-hydrogen) atoms. The molecular weight excluding hydrogens is 262 g/mol. The van der Waals surface area contributed by atoms with Crippen molar-refractivity contribution in [2.75, 3.05) is 13.1 Å². The lowest BCUT2D eigenvalue weighted by Crippen LogP contribution is -2.48. The van der Waals surface area contributed by atoms with E-state index in [-0.39, 0.29) is 12.6 Å².